The second-order valence-electron chi connectivity index (χ2n) is 3.22. The first kappa shape index (κ1) is 28.5. The van der Waals surface area contributed by atoms with Crippen molar-refractivity contribution < 1.29 is 4.74 Å². The van der Waals surface area contributed by atoms with E-state index >= 15 is 0 Å². The van der Waals surface area contributed by atoms with Crippen LogP contribution in [0, 0.1) is 6.92 Å². The normalized spacial score (nSPS) is 6.59. The predicted octanol–water partition coefficient (Wildman–Crippen LogP) is 7.02. The highest BCUT2D eigenvalue weighted by atomic mass is 16.4. The third-order valence-corrected chi connectivity index (χ3v) is 1.61. The number of hydrogen-bond acceptors (Lipinski definition) is 1. The quantitative estimate of drug-likeness (QED) is 0.508. The fraction of sp³-hybridized carbons (Fsp3) is 0.429. The van der Waals surface area contributed by atoms with Gasteiger partial charge in [0, 0.05) is 14.2 Å². The summed E-state index contributed by atoms with van der Waals surface area (Å²) >= 11 is 0. The van der Waals surface area contributed by atoms with E-state index in [2.05, 4.69) is 23.8 Å². The Balaban J connectivity index is -0.0000000987. The molecule has 0 spiro atoms. The minimum absolute atomic E-state index is 1.32. The Labute approximate surface area is 140 Å². The fourth-order valence-electron chi connectivity index (χ4n) is 0.919. The van der Waals surface area contributed by atoms with Gasteiger partial charge in [-0.15, -0.1) is 0 Å². The maximum Gasteiger partial charge on any atom is 0.0351 e. The summed E-state index contributed by atoms with van der Waals surface area (Å²) in [6.07, 6.45) is 0. The van der Waals surface area contributed by atoms with E-state index in [1.165, 1.54) is 5.56 Å². The van der Waals surface area contributed by atoms with Crippen molar-refractivity contribution in [2.24, 2.45) is 0 Å². The third kappa shape index (κ3) is 36.2. The maximum atomic E-state index is 4.25. The Morgan fingerprint density at radius 1 is 0.500 bits per heavy atom. The topological polar surface area (TPSA) is 9.23 Å². The van der Waals surface area contributed by atoms with Gasteiger partial charge in [-0.3, -0.25) is 0 Å². The summed E-state index contributed by atoms with van der Waals surface area (Å²) in [6, 6.07) is 22.3. The van der Waals surface area contributed by atoms with Gasteiger partial charge in [0.25, 0.3) is 0 Å². The van der Waals surface area contributed by atoms with Gasteiger partial charge in [0.2, 0.25) is 0 Å². The molecule has 0 saturated carbocycles. The molecule has 0 aliphatic carbocycles. The Morgan fingerprint density at radius 2 is 0.682 bits per heavy atom. The van der Waals surface area contributed by atoms with Crippen LogP contribution in [0.15, 0.2) is 66.7 Å². The Kier molecular flexibility index (Phi) is 47.5. The van der Waals surface area contributed by atoms with E-state index in [0.29, 0.717) is 0 Å². The summed E-state index contributed by atoms with van der Waals surface area (Å²) < 4.78 is 4.25. The van der Waals surface area contributed by atoms with Gasteiger partial charge in [0.05, 0.1) is 0 Å². The van der Waals surface area contributed by atoms with Crippen molar-refractivity contribution in [3.8, 4) is 0 Å². The van der Waals surface area contributed by atoms with Gasteiger partial charge < -0.3 is 4.74 Å². The second kappa shape index (κ2) is 36.6. The molecule has 0 amide bonds. The molecule has 1 nitrogen and oxygen atoms in total. The van der Waals surface area contributed by atoms with Gasteiger partial charge in [-0.1, -0.05) is 114 Å². The fourth-order valence-corrected chi connectivity index (χ4v) is 0.919. The molecular weight excluding hydrogens is 268 g/mol. The molecule has 0 bridgehead atoms. The lowest BCUT2D eigenvalue weighted by molar-refractivity contribution is 0.277. The molecule has 22 heavy (non-hydrogen) atoms. The largest absolute Gasteiger partial charge is 0.388 e. The molecule has 0 aromatic heterocycles. The molecule has 0 saturated heterocycles. The highest BCUT2D eigenvalue weighted by molar-refractivity contribution is 5.11. The van der Waals surface area contributed by atoms with E-state index in [4.69, 9.17) is 0 Å². The number of benzene rings is 2. The van der Waals surface area contributed by atoms with Crippen LogP contribution in [0.2, 0.25) is 0 Å². The molecule has 0 aliphatic heterocycles. The van der Waals surface area contributed by atoms with E-state index in [-0.39, 0.29) is 0 Å². The summed E-state index contributed by atoms with van der Waals surface area (Å²) in [5, 5.41) is 0. The number of rotatable bonds is 0. The van der Waals surface area contributed by atoms with Crippen molar-refractivity contribution in [3.63, 3.8) is 0 Å². The Hall–Kier alpha value is -1.60. The van der Waals surface area contributed by atoms with Crippen molar-refractivity contribution in [1.82, 2.24) is 0 Å². The Bertz CT molecular complexity index is 290. The van der Waals surface area contributed by atoms with E-state index in [1.54, 1.807) is 14.2 Å². The molecule has 0 fully saturated rings. The van der Waals surface area contributed by atoms with Crippen molar-refractivity contribution in [1.29, 1.82) is 0 Å². The van der Waals surface area contributed by atoms with Gasteiger partial charge >= 0.3 is 0 Å². The van der Waals surface area contributed by atoms with Crippen LogP contribution < -0.4 is 0 Å². The van der Waals surface area contributed by atoms with E-state index < -0.39 is 0 Å². The molecule has 2 aromatic carbocycles. The molecule has 2 aromatic rings. The van der Waals surface area contributed by atoms with Crippen LogP contribution in [-0.4, -0.2) is 14.2 Å². The zero-order valence-electron chi connectivity index (χ0n) is 16.3. The van der Waals surface area contributed by atoms with Crippen LogP contribution in [-0.2, 0) is 4.74 Å². The Morgan fingerprint density at radius 3 is 0.818 bits per heavy atom. The summed E-state index contributed by atoms with van der Waals surface area (Å²) in [4.78, 5) is 0. The van der Waals surface area contributed by atoms with Gasteiger partial charge in [-0.25, -0.2) is 0 Å². The lowest BCUT2D eigenvalue weighted by Crippen LogP contribution is -1.62. The van der Waals surface area contributed by atoms with Gasteiger partial charge in [-0.05, 0) is 6.92 Å². The van der Waals surface area contributed by atoms with Crippen LogP contribution in [0.3, 0.4) is 0 Å². The number of methoxy groups -OCH3 is 1. The molecule has 2 rings (SSSR count). The summed E-state index contributed by atoms with van der Waals surface area (Å²) in [6.45, 7) is 14.1. The minimum atomic E-state index is 1.32. The van der Waals surface area contributed by atoms with Gasteiger partial charge in [-0.2, -0.15) is 0 Å². The molecule has 0 heterocycles. The highest BCUT2D eigenvalue weighted by Gasteiger charge is 1.72. The molecule has 128 valence electrons. The first-order chi connectivity index (χ1) is 10.8. The van der Waals surface area contributed by atoms with E-state index in [9.17, 15) is 0 Å². The van der Waals surface area contributed by atoms with Crippen molar-refractivity contribution in [2.75, 3.05) is 14.2 Å². The second-order valence-corrected chi connectivity index (χ2v) is 3.22. The number of aryl methyl sites for hydroxylation is 1. The van der Waals surface area contributed by atoms with Crippen molar-refractivity contribution >= 4 is 0 Å². The molecule has 1 heteroatoms. The maximum absolute atomic E-state index is 4.25. The molecule has 0 N–H and O–H groups in total. The summed E-state index contributed by atoms with van der Waals surface area (Å²) in [7, 11) is 3.25. The van der Waals surface area contributed by atoms with Crippen molar-refractivity contribution in [2.45, 2.75) is 48.5 Å². The molecular formula is C21H38O. The van der Waals surface area contributed by atoms with Gasteiger partial charge in [0.15, 0.2) is 0 Å². The van der Waals surface area contributed by atoms with E-state index in [1.807, 2.05) is 96.1 Å². The van der Waals surface area contributed by atoms with E-state index in [0.717, 1.165) is 0 Å². The summed E-state index contributed by atoms with van der Waals surface area (Å²) in [5.74, 6) is 0. The number of hydrogen-bond donors (Lipinski definition) is 0. The van der Waals surface area contributed by atoms with Crippen LogP contribution in [0.5, 0.6) is 0 Å². The number of ether oxygens (including phenoxy) is 1. The average molecular weight is 307 g/mol. The monoisotopic (exact) mass is 306 g/mol. The smallest absolute Gasteiger partial charge is 0.0351 e. The highest BCUT2D eigenvalue weighted by Crippen LogP contribution is 1.92. The molecule has 0 atom stereocenters. The third-order valence-electron chi connectivity index (χ3n) is 1.61. The van der Waals surface area contributed by atoms with Crippen LogP contribution in [0.25, 0.3) is 0 Å². The molecule has 0 unspecified atom stereocenters. The van der Waals surface area contributed by atoms with Gasteiger partial charge in [0.1, 0.15) is 0 Å². The first-order valence-corrected chi connectivity index (χ1v) is 8.23. The lowest BCUT2D eigenvalue weighted by atomic mass is 10.2. The van der Waals surface area contributed by atoms with Crippen LogP contribution >= 0.6 is 0 Å². The zero-order chi connectivity index (χ0) is 18.1. The molecule has 0 aliphatic rings. The van der Waals surface area contributed by atoms with Crippen LogP contribution in [0.4, 0.5) is 0 Å². The lowest BCUT2D eigenvalue weighted by Gasteiger charge is -1.82. The standard InChI is InChI=1S/C7H8.C6H6.C2H6O.3C2H6/c1-7-5-3-2-4-6-7;1-2-4-6-5-3-1;1-3-2;3*1-2/h2-6H,1H3;1-6H;1-2H3;3*1-2H3. The minimum Gasteiger partial charge on any atom is -0.388 e. The van der Waals surface area contributed by atoms with Crippen molar-refractivity contribution in [3.05, 3.63) is 72.3 Å². The summed E-state index contributed by atoms with van der Waals surface area (Å²) in [5.41, 5.74) is 1.32. The average Bonchev–Trinajstić information content (AvgIpc) is 2.64. The first-order valence-electron chi connectivity index (χ1n) is 8.23. The molecule has 0 radical (unpaired) electrons. The van der Waals surface area contributed by atoms with Crippen LogP contribution in [0.1, 0.15) is 47.1 Å². The predicted molar refractivity (Wildman–Crippen MR) is 105 cm³/mol. The SMILES string of the molecule is CC.CC.CC.COC.Cc1ccccc1.c1ccccc1. The zero-order valence-corrected chi connectivity index (χ0v) is 16.3.